The Morgan fingerprint density at radius 2 is 2.12 bits per heavy atom. The Kier molecular flexibility index (Phi) is 4.45. The number of hydrogen-bond acceptors (Lipinski definition) is 4. The minimum atomic E-state index is -0.131. The highest BCUT2D eigenvalue weighted by Gasteiger charge is 2.34. The number of H-pyrrole nitrogens is 1. The van der Waals surface area contributed by atoms with E-state index < -0.39 is 0 Å². The minimum absolute atomic E-state index is 0.0410. The maximum atomic E-state index is 12.6. The van der Waals surface area contributed by atoms with Gasteiger partial charge in [-0.3, -0.25) is 19.4 Å². The van der Waals surface area contributed by atoms with Crippen molar-refractivity contribution in [2.75, 3.05) is 19.6 Å². The van der Waals surface area contributed by atoms with Gasteiger partial charge in [0.05, 0.1) is 5.39 Å². The second-order valence-electron chi connectivity index (χ2n) is 7.58. The van der Waals surface area contributed by atoms with Gasteiger partial charge in [0.2, 0.25) is 5.91 Å². The third kappa shape index (κ3) is 3.08. The van der Waals surface area contributed by atoms with Gasteiger partial charge in [0.1, 0.15) is 0 Å². The zero-order valence-electron chi connectivity index (χ0n) is 15.5. The molecule has 3 rings (SSSR count). The lowest BCUT2D eigenvalue weighted by Gasteiger charge is -2.22. The molecule has 1 atom stereocenters. The van der Waals surface area contributed by atoms with Crippen LogP contribution in [0.25, 0.3) is 11.0 Å². The van der Waals surface area contributed by atoms with Gasteiger partial charge in [-0.25, -0.2) is 4.98 Å². The summed E-state index contributed by atoms with van der Waals surface area (Å²) in [5, 5.41) is 3.37. The molecule has 3 heterocycles. The molecule has 1 amide bonds. The monoisotopic (exact) mass is 345 g/mol. The van der Waals surface area contributed by atoms with Crippen molar-refractivity contribution in [2.45, 2.75) is 40.0 Å². The molecule has 7 heteroatoms. The highest BCUT2D eigenvalue weighted by Crippen LogP contribution is 2.29. The maximum Gasteiger partial charge on any atom is 0.273 e. The Bertz CT molecular complexity index is 882. The number of nitrogens with two attached hydrogens (primary N) is 1. The number of aromatic amines is 1. The third-order valence-electron chi connectivity index (χ3n) is 5.57. The predicted octanol–water partition coefficient (Wildman–Crippen LogP) is 1.01. The number of rotatable bonds is 4. The van der Waals surface area contributed by atoms with Gasteiger partial charge in [0.25, 0.3) is 5.56 Å². The molecule has 136 valence electrons. The Balaban J connectivity index is 1.79. The minimum Gasteiger partial charge on any atom is -0.342 e. The SMILES string of the molecule is Cc1nc2c(c(C)c1CCC(=O)N1CCC(C)(CN)C1)c(=O)[nH]n2C. The lowest BCUT2D eigenvalue weighted by molar-refractivity contribution is -0.130. The van der Waals surface area contributed by atoms with Crippen LogP contribution in [-0.4, -0.2) is 45.2 Å². The van der Waals surface area contributed by atoms with Crippen molar-refractivity contribution < 1.29 is 4.79 Å². The summed E-state index contributed by atoms with van der Waals surface area (Å²) in [4.78, 5) is 31.2. The number of fused-ring (bicyclic) bond motifs is 1. The number of hydrogen-bond donors (Lipinski definition) is 2. The fourth-order valence-corrected chi connectivity index (χ4v) is 3.81. The summed E-state index contributed by atoms with van der Waals surface area (Å²) >= 11 is 0. The van der Waals surface area contributed by atoms with Gasteiger partial charge in [-0.2, -0.15) is 0 Å². The number of nitrogens with zero attached hydrogens (tertiary/aromatic N) is 3. The van der Waals surface area contributed by atoms with E-state index in [0.717, 1.165) is 36.3 Å². The van der Waals surface area contributed by atoms with E-state index in [2.05, 4.69) is 17.0 Å². The van der Waals surface area contributed by atoms with E-state index >= 15 is 0 Å². The van der Waals surface area contributed by atoms with Gasteiger partial charge in [0.15, 0.2) is 5.65 Å². The third-order valence-corrected chi connectivity index (χ3v) is 5.57. The van der Waals surface area contributed by atoms with E-state index in [1.807, 2.05) is 18.7 Å². The molecule has 1 unspecified atom stereocenters. The summed E-state index contributed by atoms with van der Waals surface area (Å²) in [7, 11) is 1.78. The van der Waals surface area contributed by atoms with Crippen LogP contribution < -0.4 is 11.3 Å². The maximum absolute atomic E-state index is 12.6. The van der Waals surface area contributed by atoms with Crippen LogP contribution in [0.4, 0.5) is 0 Å². The molecule has 1 saturated heterocycles. The van der Waals surface area contributed by atoms with Crippen LogP contribution in [0.15, 0.2) is 4.79 Å². The lowest BCUT2D eigenvalue weighted by atomic mass is 9.90. The summed E-state index contributed by atoms with van der Waals surface area (Å²) in [6.45, 7) is 8.12. The number of carbonyl (C=O) groups excluding carboxylic acids is 1. The Morgan fingerprint density at radius 3 is 2.76 bits per heavy atom. The quantitative estimate of drug-likeness (QED) is 0.864. The van der Waals surface area contributed by atoms with Gasteiger partial charge in [0, 0.05) is 32.3 Å². The zero-order chi connectivity index (χ0) is 18.4. The number of nitrogens with one attached hydrogen (secondary N) is 1. The fraction of sp³-hybridized carbons (Fsp3) is 0.611. The molecule has 0 spiro atoms. The summed E-state index contributed by atoms with van der Waals surface area (Å²) in [5.74, 6) is 0.151. The number of aromatic nitrogens is 3. The zero-order valence-corrected chi connectivity index (χ0v) is 15.5. The van der Waals surface area contributed by atoms with Gasteiger partial charge in [-0.15, -0.1) is 0 Å². The lowest BCUT2D eigenvalue weighted by Crippen LogP contribution is -2.34. The molecule has 2 aromatic rings. The van der Waals surface area contributed by atoms with E-state index in [4.69, 9.17) is 5.73 Å². The molecule has 3 N–H and O–H groups in total. The van der Waals surface area contributed by atoms with Crippen molar-refractivity contribution in [3.8, 4) is 0 Å². The molecule has 1 aliphatic rings. The van der Waals surface area contributed by atoms with Gasteiger partial charge < -0.3 is 10.6 Å². The number of likely N-dealkylation sites (tertiary alicyclic amines) is 1. The summed E-state index contributed by atoms with van der Waals surface area (Å²) < 4.78 is 1.64. The number of pyridine rings is 1. The Morgan fingerprint density at radius 1 is 1.40 bits per heavy atom. The Labute approximate surface area is 147 Å². The van der Waals surface area contributed by atoms with Gasteiger partial charge >= 0.3 is 0 Å². The fourth-order valence-electron chi connectivity index (χ4n) is 3.81. The summed E-state index contributed by atoms with van der Waals surface area (Å²) in [6.07, 6.45) is 1.99. The predicted molar refractivity (Wildman–Crippen MR) is 97.5 cm³/mol. The molecule has 25 heavy (non-hydrogen) atoms. The molecular formula is C18H27N5O2. The smallest absolute Gasteiger partial charge is 0.273 e. The second-order valence-corrected chi connectivity index (χ2v) is 7.58. The first kappa shape index (κ1) is 17.7. The largest absolute Gasteiger partial charge is 0.342 e. The number of carbonyl (C=O) groups is 1. The molecule has 2 aromatic heterocycles. The highest BCUT2D eigenvalue weighted by molar-refractivity contribution is 5.81. The summed E-state index contributed by atoms with van der Waals surface area (Å²) in [6, 6.07) is 0. The molecule has 7 nitrogen and oxygen atoms in total. The van der Waals surface area contributed by atoms with Crippen molar-refractivity contribution >= 4 is 16.9 Å². The first-order chi connectivity index (χ1) is 11.8. The Hall–Kier alpha value is -2.15. The molecule has 0 radical (unpaired) electrons. The first-order valence-corrected chi connectivity index (χ1v) is 8.78. The second kappa shape index (κ2) is 6.29. The van der Waals surface area contributed by atoms with Crippen LogP contribution in [0.3, 0.4) is 0 Å². The van der Waals surface area contributed by atoms with E-state index in [1.165, 1.54) is 0 Å². The topological polar surface area (TPSA) is 97.0 Å². The van der Waals surface area contributed by atoms with Crippen molar-refractivity contribution in [3.05, 3.63) is 27.2 Å². The molecular weight excluding hydrogens is 318 g/mol. The van der Waals surface area contributed by atoms with Crippen molar-refractivity contribution in [1.82, 2.24) is 19.7 Å². The molecule has 0 bridgehead atoms. The van der Waals surface area contributed by atoms with E-state index in [1.54, 1.807) is 11.7 Å². The normalized spacial score (nSPS) is 20.6. The molecule has 1 fully saturated rings. The number of aryl methyl sites for hydroxylation is 3. The number of amides is 1. The van der Waals surface area contributed by atoms with E-state index in [0.29, 0.717) is 30.4 Å². The standard InChI is InChI=1S/C18H27N5O2/c1-11-13(12(2)20-16-15(11)17(25)21-22(16)4)5-6-14(24)23-8-7-18(3,9-19)10-23/h5-10,19H2,1-4H3,(H,21,25). The van der Waals surface area contributed by atoms with Crippen molar-refractivity contribution in [2.24, 2.45) is 18.2 Å². The van der Waals surface area contributed by atoms with Crippen LogP contribution in [0.2, 0.25) is 0 Å². The van der Waals surface area contributed by atoms with E-state index in [9.17, 15) is 9.59 Å². The average molecular weight is 345 g/mol. The highest BCUT2D eigenvalue weighted by atomic mass is 16.2. The average Bonchev–Trinajstić information content (AvgIpc) is 3.08. The van der Waals surface area contributed by atoms with Crippen molar-refractivity contribution in [1.29, 1.82) is 0 Å². The van der Waals surface area contributed by atoms with Crippen LogP contribution in [-0.2, 0) is 18.3 Å². The van der Waals surface area contributed by atoms with Gasteiger partial charge in [-0.1, -0.05) is 6.92 Å². The van der Waals surface area contributed by atoms with Crippen molar-refractivity contribution in [3.63, 3.8) is 0 Å². The van der Waals surface area contributed by atoms with Gasteiger partial charge in [-0.05, 0) is 49.8 Å². The van der Waals surface area contributed by atoms with E-state index in [-0.39, 0.29) is 16.9 Å². The molecule has 0 aromatic carbocycles. The molecule has 1 aliphatic heterocycles. The molecule has 0 saturated carbocycles. The van der Waals surface area contributed by atoms with Crippen LogP contribution in [0.1, 0.15) is 36.6 Å². The first-order valence-electron chi connectivity index (χ1n) is 8.78. The molecule has 0 aliphatic carbocycles. The summed E-state index contributed by atoms with van der Waals surface area (Å²) in [5.41, 5.74) is 9.19. The van der Waals surface area contributed by atoms with Crippen LogP contribution in [0, 0.1) is 19.3 Å². The van der Waals surface area contributed by atoms with Crippen LogP contribution in [0.5, 0.6) is 0 Å². The van der Waals surface area contributed by atoms with Crippen LogP contribution >= 0.6 is 0 Å².